The molecule has 1 amide bonds. The lowest BCUT2D eigenvalue weighted by molar-refractivity contribution is -0.135. The van der Waals surface area contributed by atoms with E-state index in [2.05, 4.69) is 0 Å². The van der Waals surface area contributed by atoms with Crippen LogP contribution in [0.5, 0.6) is 0 Å². The molecule has 2 bridgehead atoms. The van der Waals surface area contributed by atoms with Crippen molar-refractivity contribution in [2.75, 3.05) is 26.8 Å². The van der Waals surface area contributed by atoms with Crippen LogP contribution in [0.2, 0.25) is 0 Å². The predicted octanol–water partition coefficient (Wildman–Crippen LogP) is 0.471. The van der Waals surface area contributed by atoms with Crippen molar-refractivity contribution in [3.8, 4) is 0 Å². The van der Waals surface area contributed by atoms with Gasteiger partial charge in [-0.15, -0.1) is 0 Å². The highest BCUT2D eigenvalue weighted by atomic mass is 32.2. The molecular weight excluding hydrogens is 268 g/mol. The lowest BCUT2D eigenvalue weighted by Crippen LogP contribution is -2.52. The van der Waals surface area contributed by atoms with Crippen LogP contribution in [0.4, 0.5) is 0 Å². The van der Waals surface area contributed by atoms with Gasteiger partial charge in [0, 0.05) is 26.2 Å². The molecule has 2 aliphatic rings. The van der Waals surface area contributed by atoms with Gasteiger partial charge in [0.05, 0.1) is 6.61 Å². The highest BCUT2D eigenvalue weighted by Crippen LogP contribution is 2.33. The minimum Gasteiger partial charge on any atom is -0.383 e. The molecule has 0 spiro atoms. The van der Waals surface area contributed by atoms with Gasteiger partial charge in [0.2, 0.25) is 17.2 Å². The average molecular weight is 290 g/mol. The number of hydrogen-bond donors (Lipinski definition) is 1. The number of rotatable bonds is 4. The topological polar surface area (TPSA) is 70.1 Å². The van der Waals surface area contributed by atoms with Crippen LogP contribution in [-0.4, -0.2) is 62.8 Å². The molecule has 1 N–H and O–H groups in total. The maximum Gasteiger partial charge on any atom is 0.241 e. The van der Waals surface area contributed by atoms with Crippen molar-refractivity contribution in [3.63, 3.8) is 0 Å². The Morgan fingerprint density at radius 3 is 2.84 bits per heavy atom. The number of methoxy groups -OCH3 is 1. The zero-order valence-electron chi connectivity index (χ0n) is 11.4. The molecule has 2 fully saturated rings. The third kappa shape index (κ3) is 2.99. The molecule has 110 valence electrons. The molecule has 7 heteroatoms. The Labute approximate surface area is 116 Å². The van der Waals surface area contributed by atoms with Gasteiger partial charge in [-0.05, 0) is 25.2 Å². The molecule has 0 aromatic heterocycles. The van der Waals surface area contributed by atoms with Gasteiger partial charge < -0.3 is 9.64 Å². The van der Waals surface area contributed by atoms with E-state index in [0.717, 1.165) is 12.8 Å². The average Bonchev–Trinajstić information content (AvgIpc) is 2.45. The molecule has 2 saturated heterocycles. The molecule has 2 rings (SSSR count). The van der Waals surface area contributed by atoms with Crippen molar-refractivity contribution >= 4 is 17.2 Å². The lowest BCUT2D eigenvalue weighted by atomic mass is 9.92. The molecule has 4 unspecified atom stereocenters. The van der Waals surface area contributed by atoms with E-state index in [4.69, 9.17) is 4.74 Å². The minimum atomic E-state index is -2.08. The normalized spacial score (nSPS) is 34.2. The van der Waals surface area contributed by atoms with Crippen molar-refractivity contribution in [1.82, 2.24) is 9.21 Å². The number of amides is 1. The van der Waals surface area contributed by atoms with E-state index in [0.29, 0.717) is 26.1 Å². The van der Waals surface area contributed by atoms with Gasteiger partial charge in [-0.25, -0.2) is 4.21 Å². The van der Waals surface area contributed by atoms with Crippen LogP contribution in [0.1, 0.15) is 26.2 Å². The van der Waals surface area contributed by atoms with Gasteiger partial charge in [-0.3, -0.25) is 9.35 Å². The Bertz CT molecular complexity index is 366. The quantitative estimate of drug-likeness (QED) is 0.764. The first-order chi connectivity index (χ1) is 9.06. The largest absolute Gasteiger partial charge is 0.383 e. The van der Waals surface area contributed by atoms with E-state index in [1.807, 2.05) is 6.92 Å². The Morgan fingerprint density at radius 1 is 1.47 bits per heavy atom. The number of ether oxygens (including phenoxy) is 1. The summed E-state index contributed by atoms with van der Waals surface area (Å²) in [5, 5.41) is 0. The van der Waals surface area contributed by atoms with E-state index in [-0.39, 0.29) is 17.9 Å². The first kappa shape index (κ1) is 14.9. The van der Waals surface area contributed by atoms with Crippen molar-refractivity contribution in [2.45, 2.75) is 38.3 Å². The Morgan fingerprint density at radius 2 is 2.21 bits per heavy atom. The fourth-order valence-corrected chi connectivity index (χ4v) is 4.13. The SMILES string of the molecule is COCCN1CC(C)C2CCCC(C1=O)N2S(=O)O. The number of nitrogens with zero attached hydrogens (tertiary/aromatic N) is 2. The Hall–Kier alpha value is -0.500. The molecule has 0 aromatic carbocycles. The van der Waals surface area contributed by atoms with E-state index >= 15 is 0 Å². The summed E-state index contributed by atoms with van der Waals surface area (Å²) < 4.78 is 27.6. The molecule has 4 atom stereocenters. The van der Waals surface area contributed by atoms with Gasteiger partial charge in [0.25, 0.3) is 0 Å². The Balaban J connectivity index is 2.24. The summed E-state index contributed by atoms with van der Waals surface area (Å²) in [6.45, 7) is 3.73. The van der Waals surface area contributed by atoms with E-state index in [9.17, 15) is 13.6 Å². The van der Waals surface area contributed by atoms with Gasteiger partial charge in [-0.1, -0.05) is 6.92 Å². The molecule has 19 heavy (non-hydrogen) atoms. The summed E-state index contributed by atoms with van der Waals surface area (Å²) in [5.41, 5.74) is 0. The van der Waals surface area contributed by atoms with Crippen LogP contribution in [0.25, 0.3) is 0 Å². The van der Waals surface area contributed by atoms with E-state index < -0.39 is 17.3 Å². The van der Waals surface area contributed by atoms with Crippen LogP contribution in [-0.2, 0) is 20.8 Å². The molecule has 2 aliphatic heterocycles. The van der Waals surface area contributed by atoms with Crippen molar-refractivity contribution in [1.29, 1.82) is 0 Å². The lowest BCUT2D eigenvalue weighted by Gasteiger charge is -2.37. The zero-order chi connectivity index (χ0) is 14.0. The fourth-order valence-electron chi connectivity index (χ4n) is 3.17. The number of piperidine rings is 1. The summed E-state index contributed by atoms with van der Waals surface area (Å²) in [5.74, 6) is 0.163. The third-order valence-electron chi connectivity index (χ3n) is 4.12. The molecule has 0 aromatic rings. The standard InChI is InChI=1S/C12H22N2O4S/c1-9-8-13(6-7-18-2)12(15)11-5-3-4-10(9)14(11)19(16)17/h9-11H,3-8H2,1-2H3,(H,16,17). The molecule has 2 heterocycles. The fraction of sp³-hybridized carbons (Fsp3) is 0.917. The van der Waals surface area contributed by atoms with Crippen LogP contribution in [0.15, 0.2) is 0 Å². The second kappa shape index (κ2) is 6.30. The monoisotopic (exact) mass is 290 g/mol. The van der Waals surface area contributed by atoms with E-state index in [1.54, 1.807) is 12.0 Å². The molecule has 0 aliphatic carbocycles. The van der Waals surface area contributed by atoms with Crippen molar-refractivity contribution in [2.24, 2.45) is 5.92 Å². The summed E-state index contributed by atoms with van der Waals surface area (Å²) in [7, 11) is 1.61. The van der Waals surface area contributed by atoms with Gasteiger partial charge >= 0.3 is 0 Å². The van der Waals surface area contributed by atoms with Crippen LogP contribution in [0, 0.1) is 5.92 Å². The van der Waals surface area contributed by atoms with E-state index in [1.165, 1.54) is 4.31 Å². The summed E-state index contributed by atoms with van der Waals surface area (Å²) >= 11 is -2.08. The van der Waals surface area contributed by atoms with Crippen LogP contribution >= 0.6 is 0 Å². The first-order valence-corrected chi connectivity index (χ1v) is 7.79. The summed E-state index contributed by atoms with van der Waals surface area (Å²) in [6, 6.07) is -0.438. The maximum absolute atomic E-state index is 12.5. The Kier molecular flexibility index (Phi) is 4.94. The second-order valence-electron chi connectivity index (χ2n) is 5.36. The van der Waals surface area contributed by atoms with Crippen molar-refractivity contribution < 1.29 is 18.3 Å². The number of hydrogen-bond acceptors (Lipinski definition) is 3. The van der Waals surface area contributed by atoms with Gasteiger partial charge in [-0.2, -0.15) is 4.31 Å². The smallest absolute Gasteiger partial charge is 0.241 e. The predicted molar refractivity (Wildman–Crippen MR) is 71.7 cm³/mol. The number of carbonyl (C=O) groups is 1. The first-order valence-electron chi connectivity index (χ1n) is 6.73. The molecule has 0 saturated carbocycles. The number of carbonyl (C=O) groups excluding carboxylic acids is 1. The third-order valence-corrected chi connectivity index (χ3v) is 5.01. The minimum absolute atomic E-state index is 0.0149. The van der Waals surface area contributed by atoms with Gasteiger partial charge in [0.1, 0.15) is 6.04 Å². The van der Waals surface area contributed by atoms with Gasteiger partial charge in [0.15, 0.2) is 0 Å². The molecule has 0 radical (unpaired) electrons. The second-order valence-corrected chi connectivity index (χ2v) is 6.24. The summed E-state index contributed by atoms with van der Waals surface area (Å²) in [6.07, 6.45) is 2.49. The zero-order valence-corrected chi connectivity index (χ0v) is 12.3. The highest BCUT2D eigenvalue weighted by Gasteiger charge is 2.45. The maximum atomic E-state index is 12.5. The molecular formula is C12H22N2O4S. The van der Waals surface area contributed by atoms with Crippen molar-refractivity contribution in [3.05, 3.63) is 0 Å². The van der Waals surface area contributed by atoms with Crippen LogP contribution in [0.3, 0.4) is 0 Å². The molecule has 6 nitrogen and oxygen atoms in total. The number of fused-ring (bicyclic) bond motifs is 2. The van der Waals surface area contributed by atoms with Crippen LogP contribution < -0.4 is 0 Å². The highest BCUT2D eigenvalue weighted by molar-refractivity contribution is 7.76. The summed E-state index contributed by atoms with van der Waals surface area (Å²) in [4.78, 5) is 14.3.